The largest absolute Gasteiger partial charge is 0.361 e. The van der Waals surface area contributed by atoms with Crippen LogP contribution in [0.5, 0.6) is 0 Å². The van der Waals surface area contributed by atoms with Crippen molar-refractivity contribution in [1.29, 1.82) is 0 Å². The molecule has 0 N–H and O–H groups in total. The Kier molecular flexibility index (Phi) is 4.68. The zero-order valence-corrected chi connectivity index (χ0v) is 7.16. The maximum absolute atomic E-state index is 4.64. The van der Waals surface area contributed by atoms with Gasteiger partial charge in [0.2, 0.25) is 0 Å². The number of thiocarbonyl (C=S) groups is 1. The number of nitrogens with zero attached hydrogens (tertiary/aromatic N) is 1. The average Bonchev–Trinajstić information content (AvgIpc) is 1.87. The first-order valence-electron chi connectivity index (χ1n) is 3.33. The summed E-state index contributed by atoms with van der Waals surface area (Å²) in [5.74, 6) is 0. The molecule has 0 aromatic carbocycles. The lowest BCUT2D eigenvalue weighted by Gasteiger charge is -2.19. The highest BCUT2D eigenvalue weighted by Gasteiger charge is 2.02. The second kappa shape index (κ2) is 4.74. The minimum atomic E-state index is 0.549. The maximum atomic E-state index is 4.64. The summed E-state index contributed by atoms with van der Waals surface area (Å²) in [6, 6.07) is 0.549. The molecule has 0 aliphatic rings. The van der Waals surface area contributed by atoms with Crippen LogP contribution in [0.1, 0.15) is 26.7 Å². The van der Waals surface area contributed by atoms with Crippen LogP contribution < -0.4 is 0 Å². The summed E-state index contributed by atoms with van der Waals surface area (Å²) in [4.78, 5) is 1.94. The van der Waals surface area contributed by atoms with Gasteiger partial charge in [-0.15, -0.1) is 0 Å². The van der Waals surface area contributed by atoms with Crippen molar-refractivity contribution in [2.24, 2.45) is 0 Å². The first-order valence-corrected chi connectivity index (χ1v) is 3.73. The van der Waals surface area contributed by atoms with Gasteiger partial charge in [0.05, 0.1) is 0 Å². The third kappa shape index (κ3) is 3.46. The lowest BCUT2D eigenvalue weighted by atomic mass is 10.2. The molecule has 0 saturated carbocycles. The fourth-order valence-corrected chi connectivity index (χ4v) is 0.881. The van der Waals surface area contributed by atoms with Crippen LogP contribution in [0.3, 0.4) is 0 Å². The maximum Gasteiger partial charge on any atom is 0.136 e. The SMILES string of the molecule is CCCC(C)N(C)[C]=S. The highest BCUT2D eigenvalue weighted by atomic mass is 32.1. The topological polar surface area (TPSA) is 3.24 Å². The Balaban J connectivity index is 3.44. The van der Waals surface area contributed by atoms with Gasteiger partial charge < -0.3 is 4.90 Å². The molecule has 0 rings (SSSR count). The molecule has 0 amide bonds. The van der Waals surface area contributed by atoms with Gasteiger partial charge in [0.25, 0.3) is 0 Å². The summed E-state index contributed by atoms with van der Waals surface area (Å²) in [5, 5.41) is 0. The average molecular weight is 144 g/mol. The van der Waals surface area contributed by atoms with Crippen molar-refractivity contribution in [3.63, 3.8) is 0 Å². The van der Waals surface area contributed by atoms with Crippen LogP contribution in [-0.2, 0) is 0 Å². The normalized spacial score (nSPS) is 12.8. The molecule has 0 aromatic rings. The molecule has 0 aromatic heterocycles. The number of hydrogen-bond donors (Lipinski definition) is 0. The molecule has 0 heterocycles. The standard InChI is InChI=1S/C7H14NS/c1-4-5-7(2)8(3)6-9/h7H,4-5H2,1-3H3. The van der Waals surface area contributed by atoms with E-state index in [-0.39, 0.29) is 0 Å². The summed E-state index contributed by atoms with van der Waals surface area (Å²) in [7, 11) is 1.97. The Morgan fingerprint density at radius 1 is 1.67 bits per heavy atom. The molecule has 0 saturated heterocycles. The minimum absolute atomic E-state index is 0.549. The van der Waals surface area contributed by atoms with E-state index in [1.807, 2.05) is 11.9 Å². The Hall–Kier alpha value is -0.110. The van der Waals surface area contributed by atoms with Crippen molar-refractivity contribution in [3.05, 3.63) is 0 Å². The van der Waals surface area contributed by atoms with E-state index in [2.05, 4.69) is 31.6 Å². The Bertz CT molecular complexity index is 83.0. The van der Waals surface area contributed by atoms with Gasteiger partial charge in [0.15, 0.2) is 0 Å². The van der Waals surface area contributed by atoms with E-state index >= 15 is 0 Å². The zero-order chi connectivity index (χ0) is 7.28. The van der Waals surface area contributed by atoms with Crippen molar-refractivity contribution in [2.75, 3.05) is 7.05 Å². The van der Waals surface area contributed by atoms with Gasteiger partial charge in [-0.2, -0.15) is 0 Å². The van der Waals surface area contributed by atoms with Crippen LogP contribution in [0.25, 0.3) is 0 Å². The van der Waals surface area contributed by atoms with Crippen LogP contribution in [0, 0.1) is 0 Å². The van der Waals surface area contributed by atoms with Crippen LogP contribution in [0.4, 0.5) is 0 Å². The van der Waals surface area contributed by atoms with E-state index in [1.54, 1.807) is 0 Å². The summed E-state index contributed by atoms with van der Waals surface area (Å²) in [6.45, 7) is 4.33. The third-order valence-corrected chi connectivity index (χ3v) is 1.80. The molecule has 2 heteroatoms. The molecule has 0 aliphatic carbocycles. The molecule has 53 valence electrons. The van der Waals surface area contributed by atoms with Crippen molar-refractivity contribution in [3.8, 4) is 0 Å². The Morgan fingerprint density at radius 2 is 2.22 bits per heavy atom. The molecule has 1 unspecified atom stereocenters. The lowest BCUT2D eigenvalue weighted by Crippen LogP contribution is -2.26. The van der Waals surface area contributed by atoms with Gasteiger partial charge in [-0.25, -0.2) is 0 Å². The molecule has 1 nitrogen and oxygen atoms in total. The molecular weight excluding hydrogens is 130 g/mol. The monoisotopic (exact) mass is 144 g/mol. The van der Waals surface area contributed by atoms with Crippen molar-refractivity contribution in [1.82, 2.24) is 4.90 Å². The van der Waals surface area contributed by atoms with Gasteiger partial charge in [-0.3, -0.25) is 0 Å². The highest BCUT2D eigenvalue weighted by Crippen LogP contribution is 2.00. The fraction of sp³-hybridized carbons (Fsp3) is 0.857. The lowest BCUT2D eigenvalue weighted by molar-refractivity contribution is 0.381. The van der Waals surface area contributed by atoms with Gasteiger partial charge in [-0.1, -0.05) is 25.6 Å². The predicted octanol–water partition coefficient (Wildman–Crippen LogP) is 1.94. The second-order valence-electron chi connectivity index (χ2n) is 2.34. The first-order chi connectivity index (χ1) is 4.22. The smallest absolute Gasteiger partial charge is 0.136 e. The van der Waals surface area contributed by atoms with Crippen LogP contribution in [-0.4, -0.2) is 23.5 Å². The van der Waals surface area contributed by atoms with Gasteiger partial charge in [0.1, 0.15) is 5.49 Å². The van der Waals surface area contributed by atoms with Gasteiger partial charge in [-0.05, 0) is 13.3 Å². The zero-order valence-electron chi connectivity index (χ0n) is 6.35. The van der Waals surface area contributed by atoms with E-state index < -0.39 is 0 Å². The molecule has 0 aliphatic heterocycles. The van der Waals surface area contributed by atoms with E-state index in [9.17, 15) is 0 Å². The molecule has 1 radical (unpaired) electrons. The number of hydrogen-bond acceptors (Lipinski definition) is 1. The summed E-state index contributed by atoms with van der Waals surface area (Å²) < 4.78 is 0. The van der Waals surface area contributed by atoms with Gasteiger partial charge >= 0.3 is 0 Å². The van der Waals surface area contributed by atoms with Crippen LogP contribution in [0.15, 0.2) is 0 Å². The van der Waals surface area contributed by atoms with E-state index in [0.717, 1.165) is 0 Å². The third-order valence-electron chi connectivity index (χ3n) is 1.51. The molecule has 0 bridgehead atoms. The van der Waals surface area contributed by atoms with Crippen molar-refractivity contribution < 1.29 is 0 Å². The quantitative estimate of drug-likeness (QED) is 0.438. The summed E-state index contributed by atoms with van der Waals surface area (Å²) in [6.07, 6.45) is 2.41. The first kappa shape index (κ1) is 8.89. The van der Waals surface area contributed by atoms with E-state index in [1.165, 1.54) is 12.8 Å². The van der Waals surface area contributed by atoms with E-state index in [4.69, 9.17) is 0 Å². The second-order valence-corrected chi connectivity index (χ2v) is 2.52. The number of rotatable bonds is 4. The molecule has 1 atom stereocenters. The summed E-state index contributed by atoms with van der Waals surface area (Å²) in [5.41, 5.74) is 2.67. The molecular formula is C7H14NS. The fourth-order valence-electron chi connectivity index (χ4n) is 0.701. The minimum Gasteiger partial charge on any atom is -0.361 e. The van der Waals surface area contributed by atoms with Crippen LogP contribution in [0.2, 0.25) is 0 Å². The van der Waals surface area contributed by atoms with Crippen molar-refractivity contribution >= 4 is 17.7 Å². The molecule has 9 heavy (non-hydrogen) atoms. The highest BCUT2D eigenvalue weighted by molar-refractivity contribution is 7.78. The molecule has 0 spiro atoms. The summed E-state index contributed by atoms with van der Waals surface area (Å²) >= 11 is 4.64. The van der Waals surface area contributed by atoms with Gasteiger partial charge in [0, 0.05) is 13.1 Å². The predicted molar refractivity (Wildman–Crippen MR) is 44.7 cm³/mol. The molecule has 0 fully saturated rings. The Morgan fingerprint density at radius 3 is 2.56 bits per heavy atom. The van der Waals surface area contributed by atoms with E-state index in [0.29, 0.717) is 6.04 Å². The van der Waals surface area contributed by atoms with Crippen LogP contribution >= 0.6 is 12.2 Å². The Labute approximate surface area is 63.0 Å². The van der Waals surface area contributed by atoms with Crippen molar-refractivity contribution in [2.45, 2.75) is 32.7 Å².